The topological polar surface area (TPSA) is 69.4 Å². The first-order chi connectivity index (χ1) is 10.5. The summed E-state index contributed by atoms with van der Waals surface area (Å²) in [7, 11) is 0. The summed E-state index contributed by atoms with van der Waals surface area (Å²) in [6, 6.07) is 10.7. The fraction of sp³-hybridized carbons (Fsp3) is 0.188. The second-order valence-corrected chi connectivity index (χ2v) is 5.03. The number of nitro groups is 1. The van der Waals surface area contributed by atoms with Crippen LogP contribution in [-0.4, -0.2) is 23.2 Å². The third kappa shape index (κ3) is 3.62. The first-order valence-corrected chi connectivity index (χ1v) is 7.15. The van der Waals surface area contributed by atoms with Crippen molar-refractivity contribution >= 4 is 23.1 Å². The van der Waals surface area contributed by atoms with Gasteiger partial charge in [-0.1, -0.05) is 0 Å². The van der Waals surface area contributed by atoms with Crippen molar-refractivity contribution < 1.29 is 14.5 Å². The molecule has 0 aliphatic rings. The standard InChI is InChI=1S/C16H14ClNO4/c1-11-10-14(22-9-8-17)6-7-15(11)16(19)12-2-4-13(5-3-12)18(20)21/h2-7,10H,8-9H2,1H3. The molecule has 2 rings (SSSR count). The molecule has 0 aliphatic carbocycles. The number of hydrogen-bond acceptors (Lipinski definition) is 4. The molecule has 0 bridgehead atoms. The Labute approximate surface area is 132 Å². The first kappa shape index (κ1) is 16.0. The van der Waals surface area contributed by atoms with E-state index in [9.17, 15) is 14.9 Å². The van der Waals surface area contributed by atoms with Gasteiger partial charge in [-0.3, -0.25) is 14.9 Å². The third-order valence-electron chi connectivity index (χ3n) is 3.13. The third-order valence-corrected chi connectivity index (χ3v) is 3.28. The van der Waals surface area contributed by atoms with Crippen molar-refractivity contribution in [2.45, 2.75) is 6.92 Å². The summed E-state index contributed by atoms with van der Waals surface area (Å²) in [4.78, 5) is 22.6. The van der Waals surface area contributed by atoms with Crippen molar-refractivity contribution in [2.24, 2.45) is 0 Å². The van der Waals surface area contributed by atoms with Crippen molar-refractivity contribution in [1.82, 2.24) is 0 Å². The first-order valence-electron chi connectivity index (χ1n) is 6.61. The van der Waals surface area contributed by atoms with Gasteiger partial charge in [0.05, 0.1) is 10.8 Å². The summed E-state index contributed by atoms with van der Waals surface area (Å²) < 4.78 is 5.40. The largest absolute Gasteiger partial charge is 0.492 e. The van der Waals surface area contributed by atoms with Crippen LogP contribution in [0.5, 0.6) is 5.75 Å². The Hall–Kier alpha value is -2.40. The molecule has 0 fully saturated rings. The van der Waals surface area contributed by atoms with Gasteiger partial charge in [0.25, 0.3) is 5.69 Å². The molecule has 2 aromatic carbocycles. The Morgan fingerprint density at radius 2 is 1.91 bits per heavy atom. The van der Waals surface area contributed by atoms with Gasteiger partial charge in [0.2, 0.25) is 0 Å². The monoisotopic (exact) mass is 319 g/mol. The maximum absolute atomic E-state index is 12.4. The van der Waals surface area contributed by atoms with Crippen LogP contribution < -0.4 is 4.74 Å². The summed E-state index contributed by atoms with van der Waals surface area (Å²) in [5.41, 5.74) is 1.67. The molecule has 6 heteroatoms. The molecule has 0 amide bonds. The van der Waals surface area contributed by atoms with Crippen LogP contribution in [0.1, 0.15) is 21.5 Å². The number of aryl methyl sites for hydroxylation is 1. The van der Waals surface area contributed by atoms with E-state index in [-0.39, 0.29) is 11.5 Å². The highest BCUT2D eigenvalue weighted by Gasteiger charge is 2.14. The molecule has 114 valence electrons. The minimum absolute atomic E-state index is 0.0434. The predicted octanol–water partition coefficient (Wildman–Crippen LogP) is 3.75. The number of ketones is 1. The lowest BCUT2D eigenvalue weighted by atomic mass is 9.99. The lowest BCUT2D eigenvalue weighted by Gasteiger charge is -2.09. The summed E-state index contributed by atoms with van der Waals surface area (Å²) in [6.07, 6.45) is 0. The lowest BCUT2D eigenvalue weighted by molar-refractivity contribution is -0.384. The predicted molar refractivity (Wildman–Crippen MR) is 83.9 cm³/mol. The van der Waals surface area contributed by atoms with Gasteiger partial charge in [-0.2, -0.15) is 0 Å². The van der Waals surface area contributed by atoms with Crippen LogP contribution in [0, 0.1) is 17.0 Å². The van der Waals surface area contributed by atoms with Crippen molar-refractivity contribution in [3.8, 4) is 5.75 Å². The van der Waals surface area contributed by atoms with Gasteiger partial charge in [0, 0.05) is 23.3 Å². The van der Waals surface area contributed by atoms with Crippen LogP contribution in [0.4, 0.5) is 5.69 Å². The minimum atomic E-state index is -0.498. The summed E-state index contributed by atoms with van der Waals surface area (Å²) in [5.74, 6) is 0.859. The molecular formula is C16H14ClNO4. The van der Waals surface area contributed by atoms with Crippen molar-refractivity contribution in [1.29, 1.82) is 0 Å². The number of benzene rings is 2. The SMILES string of the molecule is Cc1cc(OCCCl)ccc1C(=O)c1ccc([N+](=O)[O-])cc1. The van der Waals surface area contributed by atoms with Gasteiger partial charge in [-0.15, -0.1) is 11.6 Å². The van der Waals surface area contributed by atoms with E-state index in [1.165, 1.54) is 24.3 Å². The fourth-order valence-corrected chi connectivity index (χ4v) is 2.10. The fourth-order valence-electron chi connectivity index (χ4n) is 2.03. The molecule has 0 atom stereocenters. The highest BCUT2D eigenvalue weighted by atomic mass is 35.5. The van der Waals surface area contributed by atoms with Crippen LogP contribution in [0.25, 0.3) is 0 Å². The quantitative estimate of drug-likeness (QED) is 0.352. The number of non-ortho nitro benzene ring substituents is 1. The lowest BCUT2D eigenvalue weighted by Crippen LogP contribution is -2.05. The van der Waals surface area contributed by atoms with Gasteiger partial charge >= 0.3 is 0 Å². The van der Waals surface area contributed by atoms with Gasteiger partial charge in [0.15, 0.2) is 5.78 Å². The smallest absolute Gasteiger partial charge is 0.269 e. The second kappa shape index (κ2) is 7.04. The minimum Gasteiger partial charge on any atom is -0.492 e. The van der Waals surface area contributed by atoms with Crippen LogP contribution >= 0.6 is 11.6 Å². The number of nitro benzene ring substituents is 1. The molecule has 0 heterocycles. The summed E-state index contributed by atoms with van der Waals surface area (Å²) >= 11 is 5.56. The Kier molecular flexibility index (Phi) is 5.12. The normalized spacial score (nSPS) is 10.3. The maximum Gasteiger partial charge on any atom is 0.269 e. The Bertz CT molecular complexity index is 698. The number of nitrogens with zero attached hydrogens (tertiary/aromatic N) is 1. The number of ether oxygens (including phenoxy) is 1. The molecular weight excluding hydrogens is 306 g/mol. The number of alkyl halides is 1. The molecule has 0 N–H and O–H groups in total. The number of halogens is 1. The highest BCUT2D eigenvalue weighted by molar-refractivity contribution is 6.18. The summed E-state index contributed by atoms with van der Waals surface area (Å²) in [5, 5.41) is 10.6. The number of carbonyl (C=O) groups is 1. The zero-order valence-electron chi connectivity index (χ0n) is 11.9. The van der Waals surface area contributed by atoms with E-state index in [1.807, 2.05) is 6.92 Å². The average Bonchev–Trinajstić information content (AvgIpc) is 2.52. The van der Waals surface area contributed by atoms with Gasteiger partial charge in [0.1, 0.15) is 12.4 Å². The van der Waals surface area contributed by atoms with Crippen LogP contribution in [0.3, 0.4) is 0 Å². The van der Waals surface area contributed by atoms with Gasteiger partial charge in [-0.05, 0) is 42.8 Å². The van der Waals surface area contributed by atoms with E-state index in [0.717, 1.165) is 5.56 Å². The Balaban J connectivity index is 2.23. The van der Waals surface area contributed by atoms with Crippen LogP contribution in [0.2, 0.25) is 0 Å². The van der Waals surface area contributed by atoms with Crippen LogP contribution in [0.15, 0.2) is 42.5 Å². The molecule has 0 aromatic heterocycles. The van der Waals surface area contributed by atoms with E-state index < -0.39 is 4.92 Å². The van der Waals surface area contributed by atoms with Crippen molar-refractivity contribution in [3.05, 3.63) is 69.3 Å². The van der Waals surface area contributed by atoms with Gasteiger partial charge < -0.3 is 4.74 Å². The molecule has 0 aliphatic heterocycles. The van der Waals surface area contributed by atoms with Crippen molar-refractivity contribution in [3.63, 3.8) is 0 Å². The second-order valence-electron chi connectivity index (χ2n) is 4.65. The maximum atomic E-state index is 12.4. The molecule has 2 aromatic rings. The van der Waals surface area contributed by atoms with E-state index in [1.54, 1.807) is 18.2 Å². The molecule has 5 nitrogen and oxygen atoms in total. The average molecular weight is 320 g/mol. The number of carbonyl (C=O) groups excluding carboxylic acids is 1. The molecule has 0 saturated heterocycles. The van der Waals surface area contributed by atoms with Gasteiger partial charge in [-0.25, -0.2) is 0 Å². The number of hydrogen-bond donors (Lipinski definition) is 0. The van der Waals surface area contributed by atoms with Crippen LogP contribution in [-0.2, 0) is 0 Å². The zero-order valence-corrected chi connectivity index (χ0v) is 12.7. The Morgan fingerprint density at radius 3 is 2.45 bits per heavy atom. The van der Waals surface area contributed by atoms with Crippen molar-refractivity contribution in [2.75, 3.05) is 12.5 Å². The van der Waals surface area contributed by atoms with E-state index in [4.69, 9.17) is 16.3 Å². The van der Waals surface area contributed by atoms with E-state index in [0.29, 0.717) is 29.4 Å². The molecule has 0 unspecified atom stereocenters. The van der Waals surface area contributed by atoms with E-state index in [2.05, 4.69) is 0 Å². The van der Waals surface area contributed by atoms with E-state index >= 15 is 0 Å². The molecule has 22 heavy (non-hydrogen) atoms. The Morgan fingerprint density at radius 1 is 1.23 bits per heavy atom. The molecule has 0 spiro atoms. The zero-order chi connectivity index (χ0) is 16.1. The summed E-state index contributed by atoms with van der Waals surface area (Å²) in [6.45, 7) is 2.21. The highest BCUT2D eigenvalue weighted by Crippen LogP contribution is 2.21. The molecule has 0 saturated carbocycles. The number of rotatable bonds is 6. The molecule has 0 radical (unpaired) electrons.